The molecule has 5 nitrogen and oxygen atoms in total. The summed E-state index contributed by atoms with van der Waals surface area (Å²) in [6.07, 6.45) is 3.69. The lowest BCUT2D eigenvalue weighted by atomic mass is 10.1. The van der Waals surface area contributed by atoms with E-state index in [9.17, 15) is 4.79 Å². The number of amides is 1. The van der Waals surface area contributed by atoms with Crippen LogP contribution in [-0.2, 0) is 16.1 Å². The Labute approximate surface area is 151 Å². The van der Waals surface area contributed by atoms with Gasteiger partial charge >= 0.3 is 0 Å². The fourth-order valence-electron chi connectivity index (χ4n) is 2.90. The Hall–Kier alpha value is -1.30. The zero-order valence-electron chi connectivity index (χ0n) is 14.6. The molecule has 0 saturated carbocycles. The van der Waals surface area contributed by atoms with E-state index in [1.165, 1.54) is 0 Å². The van der Waals surface area contributed by atoms with Gasteiger partial charge in [-0.3, -0.25) is 4.79 Å². The van der Waals surface area contributed by atoms with Crippen molar-refractivity contribution in [1.29, 1.82) is 0 Å². The zero-order chi connectivity index (χ0) is 16.5. The fraction of sp³-hybridized carbons (Fsp3) is 0.611. The van der Waals surface area contributed by atoms with Gasteiger partial charge in [-0.2, -0.15) is 0 Å². The van der Waals surface area contributed by atoms with Gasteiger partial charge in [0.2, 0.25) is 5.91 Å². The van der Waals surface area contributed by atoms with E-state index < -0.39 is 0 Å². The Morgan fingerprint density at radius 3 is 2.88 bits per heavy atom. The number of ether oxygens (including phenoxy) is 2. The third kappa shape index (κ3) is 6.30. The van der Waals surface area contributed by atoms with E-state index in [2.05, 4.69) is 5.32 Å². The molecule has 1 aliphatic heterocycles. The van der Waals surface area contributed by atoms with Crippen molar-refractivity contribution in [2.24, 2.45) is 0 Å². The first-order chi connectivity index (χ1) is 11.2. The van der Waals surface area contributed by atoms with Crippen LogP contribution < -0.4 is 10.1 Å². The third-order valence-electron chi connectivity index (χ3n) is 4.17. The molecule has 1 saturated heterocycles. The summed E-state index contributed by atoms with van der Waals surface area (Å²) in [4.78, 5) is 14.5. The van der Waals surface area contributed by atoms with Gasteiger partial charge in [0.15, 0.2) is 0 Å². The molecule has 0 bridgehead atoms. The van der Waals surface area contributed by atoms with E-state index in [4.69, 9.17) is 9.47 Å². The summed E-state index contributed by atoms with van der Waals surface area (Å²) in [7, 11) is 3.57. The third-order valence-corrected chi connectivity index (χ3v) is 4.17. The van der Waals surface area contributed by atoms with Gasteiger partial charge in [-0.05, 0) is 38.9 Å². The van der Waals surface area contributed by atoms with Crippen LogP contribution in [0.2, 0.25) is 0 Å². The number of methoxy groups -OCH3 is 1. The molecule has 24 heavy (non-hydrogen) atoms. The van der Waals surface area contributed by atoms with Gasteiger partial charge in [0.25, 0.3) is 0 Å². The van der Waals surface area contributed by atoms with Crippen LogP contribution in [0.5, 0.6) is 5.75 Å². The average molecular weight is 357 g/mol. The second-order valence-corrected chi connectivity index (χ2v) is 5.93. The van der Waals surface area contributed by atoms with Gasteiger partial charge < -0.3 is 19.7 Å². The van der Waals surface area contributed by atoms with E-state index in [0.717, 1.165) is 43.7 Å². The number of carbonyl (C=O) groups excluding carboxylic acids is 1. The molecule has 1 amide bonds. The lowest BCUT2D eigenvalue weighted by Crippen LogP contribution is -2.37. The highest BCUT2D eigenvalue weighted by Gasteiger charge is 2.23. The standard InChI is InChI=1S/C18H28N2O3.ClH/c1-19-11-5-10-18(21)20(14-16-8-6-12-23-16)13-15-7-3-4-9-17(15)22-2;/h3-4,7,9,16,19H,5-6,8,10-14H2,1-2H3;1H. The topological polar surface area (TPSA) is 50.8 Å². The second-order valence-electron chi connectivity index (χ2n) is 5.93. The Morgan fingerprint density at radius 1 is 1.42 bits per heavy atom. The maximum Gasteiger partial charge on any atom is 0.223 e. The number of hydrogen-bond donors (Lipinski definition) is 1. The van der Waals surface area contributed by atoms with E-state index in [0.29, 0.717) is 19.5 Å². The second kappa shape index (κ2) is 11.3. The first kappa shape index (κ1) is 20.7. The van der Waals surface area contributed by atoms with Gasteiger partial charge in [0.05, 0.1) is 13.2 Å². The van der Waals surface area contributed by atoms with Crippen molar-refractivity contribution in [3.05, 3.63) is 29.8 Å². The number of benzene rings is 1. The molecule has 0 aromatic heterocycles. The van der Waals surface area contributed by atoms with E-state index in [1.807, 2.05) is 36.2 Å². The summed E-state index contributed by atoms with van der Waals surface area (Å²) in [6.45, 7) is 2.90. The van der Waals surface area contributed by atoms with E-state index >= 15 is 0 Å². The Bertz CT molecular complexity index is 493. The van der Waals surface area contributed by atoms with Gasteiger partial charge in [-0.1, -0.05) is 18.2 Å². The number of hydrogen-bond acceptors (Lipinski definition) is 4. The molecule has 2 rings (SSSR count). The number of nitrogens with one attached hydrogen (secondary N) is 1. The minimum absolute atomic E-state index is 0. The summed E-state index contributed by atoms with van der Waals surface area (Å²) in [5.74, 6) is 1.01. The monoisotopic (exact) mass is 356 g/mol. The van der Waals surface area contributed by atoms with Crippen LogP contribution in [0.4, 0.5) is 0 Å². The van der Waals surface area contributed by atoms with Crippen molar-refractivity contribution < 1.29 is 14.3 Å². The van der Waals surface area contributed by atoms with Crippen LogP contribution in [0.3, 0.4) is 0 Å². The van der Waals surface area contributed by atoms with Crippen molar-refractivity contribution in [1.82, 2.24) is 10.2 Å². The molecule has 1 N–H and O–H groups in total. The summed E-state index contributed by atoms with van der Waals surface area (Å²) < 4.78 is 11.1. The molecule has 0 radical (unpaired) electrons. The van der Waals surface area contributed by atoms with Crippen LogP contribution in [0, 0.1) is 0 Å². The van der Waals surface area contributed by atoms with Gasteiger partial charge in [0, 0.05) is 31.7 Å². The first-order valence-electron chi connectivity index (χ1n) is 8.40. The fourth-order valence-corrected chi connectivity index (χ4v) is 2.90. The van der Waals surface area contributed by atoms with Crippen LogP contribution in [0.25, 0.3) is 0 Å². The molecule has 1 unspecified atom stereocenters. The summed E-state index contributed by atoms with van der Waals surface area (Å²) in [6, 6.07) is 7.88. The van der Waals surface area contributed by atoms with Gasteiger partial charge in [-0.15, -0.1) is 12.4 Å². The van der Waals surface area contributed by atoms with Crippen LogP contribution in [-0.4, -0.2) is 50.8 Å². The van der Waals surface area contributed by atoms with Crippen molar-refractivity contribution in [3.63, 3.8) is 0 Å². The number of halogens is 1. The predicted molar refractivity (Wildman–Crippen MR) is 97.8 cm³/mol. The van der Waals surface area contributed by atoms with Crippen LogP contribution in [0.1, 0.15) is 31.2 Å². The average Bonchev–Trinajstić information content (AvgIpc) is 3.08. The molecule has 1 atom stereocenters. The number of carbonyl (C=O) groups is 1. The minimum Gasteiger partial charge on any atom is -0.496 e. The van der Waals surface area contributed by atoms with E-state index in [1.54, 1.807) is 7.11 Å². The molecule has 0 spiro atoms. The Morgan fingerprint density at radius 2 is 2.21 bits per heavy atom. The maximum atomic E-state index is 12.6. The molecule has 1 heterocycles. The molecule has 136 valence electrons. The quantitative estimate of drug-likeness (QED) is 0.691. The molecule has 1 aliphatic rings. The molecule has 1 fully saturated rings. The highest BCUT2D eigenvalue weighted by Crippen LogP contribution is 2.21. The summed E-state index contributed by atoms with van der Waals surface area (Å²) in [5.41, 5.74) is 1.04. The lowest BCUT2D eigenvalue weighted by molar-refractivity contribution is -0.133. The molecular weight excluding hydrogens is 328 g/mol. The van der Waals surface area contributed by atoms with Crippen molar-refractivity contribution >= 4 is 18.3 Å². The Balaban J connectivity index is 0.00000288. The number of nitrogens with zero attached hydrogens (tertiary/aromatic N) is 1. The van der Waals surface area contributed by atoms with Crippen molar-refractivity contribution in [2.75, 3.05) is 33.9 Å². The summed E-state index contributed by atoms with van der Waals surface area (Å²) in [5, 5.41) is 3.09. The maximum absolute atomic E-state index is 12.6. The minimum atomic E-state index is 0. The first-order valence-corrected chi connectivity index (χ1v) is 8.40. The highest BCUT2D eigenvalue weighted by molar-refractivity contribution is 5.85. The largest absolute Gasteiger partial charge is 0.496 e. The molecule has 1 aromatic carbocycles. The molecule has 6 heteroatoms. The molecular formula is C18H29ClN2O3. The summed E-state index contributed by atoms with van der Waals surface area (Å²) >= 11 is 0. The predicted octanol–water partition coefficient (Wildman–Crippen LogP) is 2.62. The zero-order valence-corrected chi connectivity index (χ0v) is 15.4. The lowest BCUT2D eigenvalue weighted by Gasteiger charge is -2.26. The smallest absolute Gasteiger partial charge is 0.223 e. The molecule has 0 aliphatic carbocycles. The van der Waals surface area contributed by atoms with Crippen molar-refractivity contribution in [2.45, 2.75) is 38.3 Å². The van der Waals surface area contributed by atoms with Crippen molar-refractivity contribution in [3.8, 4) is 5.75 Å². The van der Waals surface area contributed by atoms with Crippen LogP contribution in [0.15, 0.2) is 24.3 Å². The highest BCUT2D eigenvalue weighted by atomic mass is 35.5. The van der Waals surface area contributed by atoms with Gasteiger partial charge in [-0.25, -0.2) is 0 Å². The van der Waals surface area contributed by atoms with E-state index in [-0.39, 0.29) is 24.4 Å². The number of rotatable bonds is 9. The SMILES string of the molecule is CNCCCC(=O)N(Cc1ccccc1OC)CC1CCCO1.Cl. The Kier molecular flexibility index (Phi) is 9.76. The number of para-hydroxylation sites is 1. The van der Waals surface area contributed by atoms with Crippen LogP contribution >= 0.6 is 12.4 Å². The van der Waals surface area contributed by atoms with Gasteiger partial charge in [0.1, 0.15) is 5.75 Å². The normalized spacial score (nSPS) is 16.5. The molecule has 1 aromatic rings.